The number of amides is 1. The largest absolute Gasteiger partial charge is 0.319 e. The van der Waals surface area contributed by atoms with Gasteiger partial charge in [-0.3, -0.25) is 19.6 Å². The van der Waals surface area contributed by atoms with Crippen LogP contribution < -0.4 is 5.32 Å². The Morgan fingerprint density at radius 2 is 2.14 bits per heavy atom. The van der Waals surface area contributed by atoms with Crippen molar-refractivity contribution in [3.63, 3.8) is 0 Å². The number of nitro benzene ring substituents is 1. The second-order valence-electron chi connectivity index (χ2n) is 4.62. The SMILES string of the molecule is CCn1ncc(NC(=O)c2cccc([N+](=O)[O-])c2C)c1C. The monoisotopic (exact) mass is 288 g/mol. The van der Waals surface area contributed by atoms with E-state index in [1.54, 1.807) is 23.9 Å². The van der Waals surface area contributed by atoms with Crippen LogP contribution in [0.3, 0.4) is 0 Å². The Bertz CT molecular complexity index is 706. The Kier molecular flexibility index (Phi) is 4.02. The van der Waals surface area contributed by atoms with E-state index in [0.717, 1.165) is 5.69 Å². The molecular weight excluding hydrogens is 272 g/mol. The van der Waals surface area contributed by atoms with E-state index < -0.39 is 4.92 Å². The van der Waals surface area contributed by atoms with Crippen LogP contribution in [0.15, 0.2) is 24.4 Å². The van der Waals surface area contributed by atoms with E-state index in [4.69, 9.17) is 0 Å². The third kappa shape index (κ3) is 2.76. The summed E-state index contributed by atoms with van der Waals surface area (Å²) in [4.78, 5) is 22.7. The third-order valence-electron chi connectivity index (χ3n) is 3.40. The first-order valence-corrected chi connectivity index (χ1v) is 6.53. The maximum absolute atomic E-state index is 12.3. The topological polar surface area (TPSA) is 90.1 Å². The molecule has 7 heteroatoms. The lowest BCUT2D eigenvalue weighted by atomic mass is 10.1. The first-order chi connectivity index (χ1) is 9.95. The van der Waals surface area contributed by atoms with Crippen molar-refractivity contribution in [1.29, 1.82) is 0 Å². The Morgan fingerprint density at radius 3 is 2.71 bits per heavy atom. The molecule has 1 amide bonds. The van der Waals surface area contributed by atoms with Crippen LogP contribution in [-0.2, 0) is 6.54 Å². The molecule has 0 atom stereocenters. The quantitative estimate of drug-likeness (QED) is 0.691. The summed E-state index contributed by atoms with van der Waals surface area (Å²) in [6.45, 7) is 6.08. The highest BCUT2D eigenvalue weighted by atomic mass is 16.6. The molecule has 1 aromatic carbocycles. The Balaban J connectivity index is 2.30. The van der Waals surface area contributed by atoms with Crippen LogP contribution in [0.25, 0.3) is 0 Å². The first kappa shape index (κ1) is 14.7. The molecule has 0 fully saturated rings. The van der Waals surface area contributed by atoms with Crippen LogP contribution in [0.5, 0.6) is 0 Å². The fraction of sp³-hybridized carbons (Fsp3) is 0.286. The lowest BCUT2D eigenvalue weighted by Crippen LogP contribution is -2.14. The minimum absolute atomic E-state index is 0.0661. The van der Waals surface area contributed by atoms with Gasteiger partial charge in [0.25, 0.3) is 11.6 Å². The molecule has 0 aliphatic heterocycles. The molecule has 0 bridgehead atoms. The number of anilines is 1. The van der Waals surface area contributed by atoms with Gasteiger partial charge in [-0.25, -0.2) is 0 Å². The zero-order valence-electron chi connectivity index (χ0n) is 12.1. The van der Waals surface area contributed by atoms with Crippen molar-refractivity contribution >= 4 is 17.3 Å². The molecule has 110 valence electrons. The second-order valence-corrected chi connectivity index (χ2v) is 4.62. The van der Waals surface area contributed by atoms with E-state index in [2.05, 4.69) is 10.4 Å². The van der Waals surface area contributed by atoms with Gasteiger partial charge in [0.05, 0.1) is 22.5 Å². The van der Waals surface area contributed by atoms with Crippen molar-refractivity contribution in [1.82, 2.24) is 9.78 Å². The van der Waals surface area contributed by atoms with Crippen molar-refractivity contribution in [2.45, 2.75) is 27.3 Å². The van der Waals surface area contributed by atoms with Gasteiger partial charge in [-0.1, -0.05) is 6.07 Å². The number of aryl methyl sites for hydroxylation is 1. The Labute approximate surface area is 121 Å². The predicted molar refractivity (Wildman–Crippen MR) is 78.4 cm³/mol. The molecule has 2 aromatic rings. The highest BCUT2D eigenvalue weighted by Crippen LogP contribution is 2.22. The van der Waals surface area contributed by atoms with E-state index in [9.17, 15) is 14.9 Å². The van der Waals surface area contributed by atoms with E-state index in [-0.39, 0.29) is 17.2 Å². The number of nitrogens with zero attached hydrogens (tertiary/aromatic N) is 3. The summed E-state index contributed by atoms with van der Waals surface area (Å²) in [5, 5.41) is 17.8. The summed E-state index contributed by atoms with van der Waals surface area (Å²) in [5.41, 5.74) is 2.01. The van der Waals surface area contributed by atoms with Gasteiger partial charge in [-0.2, -0.15) is 5.10 Å². The minimum Gasteiger partial charge on any atom is -0.319 e. The van der Waals surface area contributed by atoms with Gasteiger partial charge < -0.3 is 5.32 Å². The zero-order valence-corrected chi connectivity index (χ0v) is 12.1. The minimum atomic E-state index is -0.494. The van der Waals surface area contributed by atoms with Crippen molar-refractivity contribution in [2.24, 2.45) is 0 Å². The van der Waals surface area contributed by atoms with E-state index >= 15 is 0 Å². The molecule has 7 nitrogen and oxygen atoms in total. The fourth-order valence-corrected chi connectivity index (χ4v) is 2.14. The molecular formula is C14H16N4O3. The molecule has 0 saturated carbocycles. The van der Waals surface area contributed by atoms with Gasteiger partial charge in [-0.05, 0) is 26.8 Å². The summed E-state index contributed by atoms with van der Waals surface area (Å²) < 4.78 is 1.76. The lowest BCUT2D eigenvalue weighted by molar-refractivity contribution is -0.385. The summed E-state index contributed by atoms with van der Waals surface area (Å²) in [6.07, 6.45) is 1.57. The average molecular weight is 288 g/mol. The molecule has 1 aromatic heterocycles. The van der Waals surface area contributed by atoms with E-state index in [1.807, 2.05) is 13.8 Å². The highest BCUT2D eigenvalue weighted by Gasteiger charge is 2.19. The number of nitro groups is 1. The molecule has 2 rings (SSSR count). The number of carbonyl (C=O) groups excluding carboxylic acids is 1. The van der Waals surface area contributed by atoms with Gasteiger partial charge in [0.1, 0.15) is 0 Å². The number of benzene rings is 1. The van der Waals surface area contributed by atoms with Crippen molar-refractivity contribution in [3.05, 3.63) is 51.3 Å². The van der Waals surface area contributed by atoms with E-state index in [1.165, 1.54) is 12.1 Å². The summed E-state index contributed by atoms with van der Waals surface area (Å²) >= 11 is 0. The molecule has 0 aliphatic rings. The molecule has 0 saturated heterocycles. The van der Waals surface area contributed by atoms with Gasteiger partial charge in [0.2, 0.25) is 0 Å². The molecule has 0 unspecified atom stereocenters. The molecule has 0 radical (unpaired) electrons. The number of hydrogen-bond acceptors (Lipinski definition) is 4. The number of hydrogen-bond donors (Lipinski definition) is 1. The van der Waals surface area contributed by atoms with Crippen LogP contribution in [-0.4, -0.2) is 20.6 Å². The van der Waals surface area contributed by atoms with Gasteiger partial charge >= 0.3 is 0 Å². The van der Waals surface area contributed by atoms with Crippen molar-refractivity contribution in [3.8, 4) is 0 Å². The summed E-state index contributed by atoms with van der Waals surface area (Å²) in [5.74, 6) is -0.380. The standard InChI is InChI=1S/C14H16N4O3/c1-4-17-10(3)12(8-15-17)16-14(19)11-6-5-7-13(9(11)2)18(20)21/h5-8H,4H2,1-3H3,(H,16,19). The van der Waals surface area contributed by atoms with Gasteiger partial charge in [0, 0.05) is 23.7 Å². The predicted octanol–water partition coefficient (Wildman–Crippen LogP) is 2.68. The fourth-order valence-electron chi connectivity index (χ4n) is 2.14. The van der Waals surface area contributed by atoms with Gasteiger partial charge in [-0.15, -0.1) is 0 Å². The molecule has 1 heterocycles. The van der Waals surface area contributed by atoms with Crippen LogP contribution in [0, 0.1) is 24.0 Å². The third-order valence-corrected chi connectivity index (χ3v) is 3.40. The van der Waals surface area contributed by atoms with Crippen molar-refractivity contribution in [2.75, 3.05) is 5.32 Å². The maximum atomic E-state index is 12.3. The Morgan fingerprint density at radius 1 is 1.43 bits per heavy atom. The van der Waals surface area contributed by atoms with E-state index in [0.29, 0.717) is 17.8 Å². The van der Waals surface area contributed by atoms with Crippen LogP contribution >= 0.6 is 0 Å². The van der Waals surface area contributed by atoms with Crippen LogP contribution in [0.4, 0.5) is 11.4 Å². The smallest absolute Gasteiger partial charge is 0.273 e. The summed E-state index contributed by atoms with van der Waals surface area (Å²) in [7, 11) is 0. The molecule has 21 heavy (non-hydrogen) atoms. The van der Waals surface area contributed by atoms with Crippen LogP contribution in [0.2, 0.25) is 0 Å². The number of carbonyl (C=O) groups is 1. The van der Waals surface area contributed by atoms with Crippen molar-refractivity contribution < 1.29 is 9.72 Å². The number of nitrogens with one attached hydrogen (secondary N) is 1. The number of aromatic nitrogens is 2. The summed E-state index contributed by atoms with van der Waals surface area (Å²) in [6, 6.07) is 4.45. The van der Waals surface area contributed by atoms with Crippen LogP contribution in [0.1, 0.15) is 28.5 Å². The molecule has 0 spiro atoms. The first-order valence-electron chi connectivity index (χ1n) is 6.53. The molecule has 0 aliphatic carbocycles. The lowest BCUT2D eigenvalue weighted by Gasteiger charge is -2.08. The normalized spacial score (nSPS) is 10.4. The maximum Gasteiger partial charge on any atom is 0.273 e. The highest BCUT2D eigenvalue weighted by molar-refractivity contribution is 6.06. The second kappa shape index (κ2) is 5.74. The Hall–Kier alpha value is -2.70. The average Bonchev–Trinajstić information content (AvgIpc) is 2.79. The van der Waals surface area contributed by atoms with Gasteiger partial charge in [0.15, 0.2) is 0 Å². The molecule has 1 N–H and O–H groups in total. The zero-order chi connectivity index (χ0) is 15.6. The number of rotatable bonds is 4.